The molecule has 4 rings (SSSR count). The second kappa shape index (κ2) is 7.16. The highest BCUT2D eigenvalue weighted by Gasteiger charge is 2.67. The number of azide groups is 1. The standard InChI is InChI=1S/C21H25N3O6/c1-20-6-4-12-19(27)30-15(11-5-7-29-10-11)9-21(12,2)17(20)16(25)14(23-24-22)8-13(20)18(26)28-3/h5,7,10,12-15,17H,4,6,8-9H2,1-3H3/t12-,13-,14+,15-,17?,20-,21-/m0/s1. The van der Waals surface area contributed by atoms with E-state index >= 15 is 0 Å². The summed E-state index contributed by atoms with van der Waals surface area (Å²) in [7, 11) is 1.32. The molecule has 1 aliphatic heterocycles. The van der Waals surface area contributed by atoms with Crippen molar-refractivity contribution in [3.63, 3.8) is 0 Å². The predicted molar refractivity (Wildman–Crippen MR) is 103 cm³/mol. The zero-order valence-corrected chi connectivity index (χ0v) is 17.2. The average molecular weight is 415 g/mol. The number of esters is 2. The molecule has 7 atom stereocenters. The van der Waals surface area contributed by atoms with E-state index in [2.05, 4.69) is 10.0 Å². The summed E-state index contributed by atoms with van der Waals surface area (Å²) in [6.07, 6.45) is 4.09. The molecule has 1 aromatic heterocycles. The van der Waals surface area contributed by atoms with Gasteiger partial charge in [-0.3, -0.25) is 14.4 Å². The van der Waals surface area contributed by atoms with E-state index in [0.29, 0.717) is 19.3 Å². The molecule has 2 aliphatic carbocycles. The van der Waals surface area contributed by atoms with Gasteiger partial charge in [-0.1, -0.05) is 19.0 Å². The van der Waals surface area contributed by atoms with Crippen molar-refractivity contribution in [2.45, 2.75) is 51.7 Å². The molecule has 160 valence electrons. The number of ether oxygens (including phenoxy) is 2. The monoisotopic (exact) mass is 415 g/mol. The topological polar surface area (TPSA) is 132 Å². The van der Waals surface area contributed by atoms with Crippen molar-refractivity contribution < 1.29 is 28.3 Å². The van der Waals surface area contributed by atoms with Crippen LogP contribution in [0.25, 0.3) is 10.4 Å². The molecule has 9 heteroatoms. The summed E-state index contributed by atoms with van der Waals surface area (Å²) in [6.45, 7) is 3.86. The van der Waals surface area contributed by atoms with Crippen LogP contribution >= 0.6 is 0 Å². The summed E-state index contributed by atoms with van der Waals surface area (Å²) >= 11 is 0. The summed E-state index contributed by atoms with van der Waals surface area (Å²) in [5.74, 6) is -2.66. The number of fused-ring (bicyclic) bond motifs is 3. The maximum atomic E-state index is 13.6. The summed E-state index contributed by atoms with van der Waals surface area (Å²) < 4.78 is 15.9. The van der Waals surface area contributed by atoms with Crippen LogP contribution in [-0.2, 0) is 23.9 Å². The predicted octanol–water partition coefficient (Wildman–Crippen LogP) is 3.75. The zero-order valence-electron chi connectivity index (χ0n) is 17.2. The second-order valence-electron chi connectivity index (χ2n) is 9.16. The van der Waals surface area contributed by atoms with Crippen molar-refractivity contribution in [1.29, 1.82) is 0 Å². The van der Waals surface area contributed by atoms with Crippen LogP contribution in [0, 0.1) is 28.6 Å². The Kier molecular flexibility index (Phi) is 4.89. The van der Waals surface area contributed by atoms with Crippen LogP contribution in [0.5, 0.6) is 0 Å². The van der Waals surface area contributed by atoms with Gasteiger partial charge in [0.25, 0.3) is 0 Å². The highest BCUT2D eigenvalue weighted by Crippen LogP contribution is 2.65. The van der Waals surface area contributed by atoms with Crippen molar-refractivity contribution in [2.75, 3.05) is 7.11 Å². The average Bonchev–Trinajstić information content (AvgIpc) is 3.23. The molecule has 9 nitrogen and oxygen atoms in total. The molecule has 3 aliphatic rings. The summed E-state index contributed by atoms with van der Waals surface area (Å²) in [5.41, 5.74) is 8.27. The summed E-state index contributed by atoms with van der Waals surface area (Å²) in [6, 6.07) is 0.782. The van der Waals surface area contributed by atoms with E-state index in [9.17, 15) is 14.4 Å². The number of hydrogen-bond acceptors (Lipinski definition) is 7. The van der Waals surface area contributed by atoms with E-state index in [0.717, 1.165) is 5.56 Å². The van der Waals surface area contributed by atoms with E-state index in [1.807, 2.05) is 13.8 Å². The van der Waals surface area contributed by atoms with Gasteiger partial charge in [0.15, 0.2) is 0 Å². The van der Waals surface area contributed by atoms with Gasteiger partial charge in [-0.25, -0.2) is 0 Å². The van der Waals surface area contributed by atoms with Crippen LogP contribution < -0.4 is 0 Å². The molecule has 0 aromatic carbocycles. The molecular weight excluding hydrogens is 390 g/mol. The Morgan fingerprint density at radius 1 is 1.33 bits per heavy atom. The maximum absolute atomic E-state index is 13.6. The van der Waals surface area contributed by atoms with Crippen LogP contribution in [0.3, 0.4) is 0 Å². The van der Waals surface area contributed by atoms with Crippen molar-refractivity contribution in [1.82, 2.24) is 0 Å². The van der Waals surface area contributed by atoms with Gasteiger partial charge in [0.2, 0.25) is 0 Å². The zero-order chi connectivity index (χ0) is 21.7. The lowest BCUT2D eigenvalue weighted by atomic mass is 9.43. The molecule has 2 heterocycles. The minimum absolute atomic E-state index is 0.124. The number of carbonyl (C=O) groups is 3. The first kappa shape index (κ1) is 20.5. The Hall–Kier alpha value is -2.80. The fourth-order valence-electron chi connectivity index (χ4n) is 6.34. The van der Waals surface area contributed by atoms with Crippen molar-refractivity contribution in [3.8, 4) is 0 Å². The number of ketones is 1. The van der Waals surface area contributed by atoms with Crippen LogP contribution in [-0.4, -0.2) is 30.9 Å². The first-order valence-corrected chi connectivity index (χ1v) is 10.1. The van der Waals surface area contributed by atoms with E-state index in [1.54, 1.807) is 6.07 Å². The third kappa shape index (κ3) is 2.83. The number of furan rings is 1. The highest BCUT2D eigenvalue weighted by atomic mass is 16.5. The summed E-state index contributed by atoms with van der Waals surface area (Å²) in [5, 5.41) is 3.70. The van der Waals surface area contributed by atoms with E-state index in [-0.39, 0.29) is 18.2 Å². The van der Waals surface area contributed by atoms with E-state index < -0.39 is 46.7 Å². The lowest BCUT2D eigenvalue weighted by molar-refractivity contribution is -0.203. The second-order valence-corrected chi connectivity index (χ2v) is 9.16. The largest absolute Gasteiger partial charge is 0.472 e. The third-order valence-electron chi connectivity index (χ3n) is 7.71. The molecule has 0 N–H and O–H groups in total. The van der Waals surface area contributed by atoms with Gasteiger partial charge in [0.1, 0.15) is 11.9 Å². The Labute approximate surface area is 173 Å². The smallest absolute Gasteiger partial charge is 0.310 e. The van der Waals surface area contributed by atoms with Gasteiger partial charge in [0, 0.05) is 16.4 Å². The normalized spacial score (nSPS) is 40.4. The first-order chi connectivity index (χ1) is 14.3. The van der Waals surface area contributed by atoms with Crippen molar-refractivity contribution in [3.05, 3.63) is 34.6 Å². The molecule has 0 bridgehead atoms. The minimum atomic E-state index is -0.960. The van der Waals surface area contributed by atoms with E-state index in [4.69, 9.17) is 19.4 Å². The van der Waals surface area contributed by atoms with Gasteiger partial charge < -0.3 is 13.9 Å². The molecule has 1 unspecified atom stereocenters. The molecule has 2 saturated carbocycles. The minimum Gasteiger partial charge on any atom is -0.472 e. The fraction of sp³-hybridized carbons (Fsp3) is 0.667. The van der Waals surface area contributed by atoms with Crippen LogP contribution in [0.4, 0.5) is 0 Å². The maximum Gasteiger partial charge on any atom is 0.310 e. The van der Waals surface area contributed by atoms with Crippen LogP contribution in [0.2, 0.25) is 0 Å². The molecular formula is C21H25N3O6. The number of nitrogens with zero attached hydrogens (tertiary/aromatic N) is 3. The lowest BCUT2D eigenvalue weighted by Crippen LogP contribution is -2.64. The Balaban J connectivity index is 1.82. The molecule has 3 fully saturated rings. The number of methoxy groups -OCH3 is 1. The summed E-state index contributed by atoms with van der Waals surface area (Å²) in [4.78, 5) is 42.1. The van der Waals surface area contributed by atoms with Gasteiger partial charge in [-0.15, -0.1) is 0 Å². The molecule has 30 heavy (non-hydrogen) atoms. The Bertz CT molecular complexity index is 923. The van der Waals surface area contributed by atoms with Crippen LogP contribution in [0.1, 0.15) is 51.2 Å². The van der Waals surface area contributed by atoms with E-state index in [1.165, 1.54) is 19.6 Å². The highest BCUT2D eigenvalue weighted by molar-refractivity contribution is 5.92. The first-order valence-electron chi connectivity index (χ1n) is 10.1. The number of carbonyl (C=O) groups excluding carboxylic acids is 3. The molecule has 1 saturated heterocycles. The van der Waals surface area contributed by atoms with Crippen molar-refractivity contribution in [2.24, 2.45) is 33.7 Å². The van der Waals surface area contributed by atoms with Crippen molar-refractivity contribution >= 4 is 17.7 Å². The SMILES string of the molecule is COC(=O)[C@@H]1C[C@@H](N=[N+]=[N-])C(=O)C2[C@@]1(C)CC[C@H]1C(=O)O[C@H](c3ccoc3)C[C@]21C. The number of Topliss-reactive ketones (excluding diaryl/α,β-unsaturated/α-hetero) is 1. The van der Waals surface area contributed by atoms with Gasteiger partial charge in [0.05, 0.1) is 37.5 Å². The molecule has 1 aromatic rings. The Morgan fingerprint density at radius 2 is 2.10 bits per heavy atom. The Morgan fingerprint density at radius 3 is 2.73 bits per heavy atom. The van der Waals surface area contributed by atoms with Gasteiger partial charge in [-0.05, 0) is 48.1 Å². The molecule has 0 spiro atoms. The molecule has 0 amide bonds. The van der Waals surface area contributed by atoms with Gasteiger partial charge >= 0.3 is 11.9 Å². The fourth-order valence-corrected chi connectivity index (χ4v) is 6.34. The molecule has 0 radical (unpaired) electrons. The van der Waals surface area contributed by atoms with Crippen LogP contribution in [0.15, 0.2) is 28.1 Å². The third-order valence-corrected chi connectivity index (χ3v) is 7.71. The number of hydrogen-bond donors (Lipinski definition) is 0. The number of rotatable bonds is 3. The quantitative estimate of drug-likeness (QED) is 0.320. The lowest BCUT2D eigenvalue weighted by Gasteiger charge is -2.61. The number of cyclic esters (lactones) is 1. The van der Waals surface area contributed by atoms with Gasteiger partial charge in [-0.2, -0.15) is 0 Å².